The van der Waals surface area contributed by atoms with Crippen molar-refractivity contribution in [2.45, 2.75) is 31.6 Å². The van der Waals surface area contributed by atoms with Gasteiger partial charge in [-0.1, -0.05) is 18.2 Å². The van der Waals surface area contributed by atoms with Crippen LogP contribution < -0.4 is 0 Å². The van der Waals surface area contributed by atoms with Crippen molar-refractivity contribution in [3.63, 3.8) is 0 Å². The largest absolute Gasteiger partial charge is 0.480 e. The fourth-order valence-corrected chi connectivity index (χ4v) is 2.17. The zero-order valence-corrected chi connectivity index (χ0v) is 11.8. The summed E-state index contributed by atoms with van der Waals surface area (Å²) < 4.78 is 18.9. The van der Waals surface area contributed by atoms with Crippen molar-refractivity contribution in [3.05, 3.63) is 35.6 Å². The number of benzene rings is 1. The van der Waals surface area contributed by atoms with Gasteiger partial charge in [0.1, 0.15) is 5.82 Å². The molecule has 0 spiro atoms. The number of hydrogen-bond donors (Lipinski definition) is 1. The third-order valence-corrected chi connectivity index (χ3v) is 3.20. The van der Waals surface area contributed by atoms with Crippen molar-refractivity contribution in [3.8, 4) is 12.3 Å². The van der Waals surface area contributed by atoms with E-state index in [9.17, 15) is 19.1 Å². The fraction of sp³-hybridized carbons (Fsp3) is 0.375. The van der Waals surface area contributed by atoms with Gasteiger partial charge in [0.25, 0.3) is 0 Å². The average molecular weight is 292 g/mol. The lowest BCUT2D eigenvalue weighted by Crippen LogP contribution is -2.45. The molecule has 0 bridgehead atoms. The second-order valence-corrected chi connectivity index (χ2v) is 4.47. The SMILES string of the molecule is C#CCCCC(C(=O)O)(C(=O)OCC)c1ccccc1F. The number of unbranched alkanes of at least 4 members (excludes halogenated alkanes) is 1. The highest BCUT2D eigenvalue weighted by Crippen LogP contribution is 2.34. The van der Waals surface area contributed by atoms with Crippen molar-refractivity contribution in [2.75, 3.05) is 6.61 Å². The molecule has 1 atom stereocenters. The standard InChI is InChI=1S/C16H17FO4/c1-3-5-8-11-16(14(18)19,15(20)21-4-2)12-9-6-7-10-13(12)17/h1,6-7,9-10H,4-5,8,11H2,2H3,(H,18,19). The van der Waals surface area contributed by atoms with Gasteiger partial charge in [0, 0.05) is 12.0 Å². The molecule has 0 radical (unpaired) electrons. The topological polar surface area (TPSA) is 63.6 Å². The number of hydrogen-bond acceptors (Lipinski definition) is 3. The maximum Gasteiger partial charge on any atom is 0.328 e. The molecular formula is C16H17FO4. The number of esters is 1. The van der Waals surface area contributed by atoms with E-state index in [-0.39, 0.29) is 25.0 Å². The molecule has 0 amide bonds. The summed E-state index contributed by atoms with van der Waals surface area (Å²) in [5, 5.41) is 9.58. The van der Waals surface area contributed by atoms with Gasteiger partial charge in [-0.05, 0) is 25.8 Å². The molecule has 0 saturated carbocycles. The Balaban J connectivity index is 3.37. The molecule has 0 aromatic heterocycles. The van der Waals surface area contributed by atoms with Crippen LogP contribution in [0.15, 0.2) is 24.3 Å². The van der Waals surface area contributed by atoms with E-state index in [2.05, 4.69) is 5.92 Å². The smallest absolute Gasteiger partial charge is 0.328 e. The van der Waals surface area contributed by atoms with Crippen molar-refractivity contribution in [1.82, 2.24) is 0 Å². The number of aliphatic carboxylic acids is 1. The van der Waals surface area contributed by atoms with E-state index in [0.717, 1.165) is 6.07 Å². The molecule has 4 nitrogen and oxygen atoms in total. The molecule has 1 unspecified atom stereocenters. The molecule has 1 rings (SSSR count). The van der Waals surface area contributed by atoms with Crippen LogP contribution in [0, 0.1) is 18.2 Å². The Kier molecular flexibility index (Phi) is 5.92. The van der Waals surface area contributed by atoms with E-state index in [1.165, 1.54) is 18.2 Å². The summed E-state index contributed by atoms with van der Waals surface area (Å²) in [5.74, 6) is -0.793. The molecule has 1 aromatic carbocycles. The second-order valence-electron chi connectivity index (χ2n) is 4.47. The van der Waals surface area contributed by atoms with Crippen LogP contribution in [0.1, 0.15) is 31.7 Å². The van der Waals surface area contributed by atoms with E-state index in [0.29, 0.717) is 6.42 Å². The molecule has 0 aliphatic rings. The Labute approximate surface area is 122 Å². The Morgan fingerprint density at radius 1 is 1.43 bits per heavy atom. The highest BCUT2D eigenvalue weighted by molar-refractivity contribution is 6.05. The van der Waals surface area contributed by atoms with Crippen molar-refractivity contribution in [1.29, 1.82) is 0 Å². The Morgan fingerprint density at radius 3 is 2.62 bits per heavy atom. The second kappa shape index (κ2) is 7.44. The van der Waals surface area contributed by atoms with Crippen LogP contribution >= 0.6 is 0 Å². The fourth-order valence-electron chi connectivity index (χ4n) is 2.17. The van der Waals surface area contributed by atoms with E-state index in [1.54, 1.807) is 6.92 Å². The van der Waals surface area contributed by atoms with Gasteiger partial charge < -0.3 is 9.84 Å². The maximum absolute atomic E-state index is 14.0. The van der Waals surface area contributed by atoms with E-state index >= 15 is 0 Å². The number of terminal acetylenes is 1. The first-order valence-electron chi connectivity index (χ1n) is 6.59. The molecule has 0 aliphatic carbocycles. The lowest BCUT2D eigenvalue weighted by molar-refractivity contribution is -0.162. The van der Waals surface area contributed by atoms with Gasteiger partial charge in [-0.25, -0.2) is 4.39 Å². The minimum absolute atomic E-state index is 0.0114. The lowest BCUT2D eigenvalue weighted by Gasteiger charge is -2.27. The summed E-state index contributed by atoms with van der Waals surface area (Å²) in [6.07, 6.45) is 5.60. The third-order valence-electron chi connectivity index (χ3n) is 3.20. The molecular weight excluding hydrogens is 275 g/mol. The zero-order chi connectivity index (χ0) is 15.9. The Morgan fingerprint density at radius 2 is 2.10 bits per heavy atom. The molecule has 0 aliphatic heterocycles. The minimum Gasteiger partial charge on any atom is -0.480 e. The summed E-state index contributed by atoms with van der Waals surface area (Å²) >= 11 is 0. The summed E-state index contributed by atoms with van der Waals surface area (Å²) in [6.45, 7) is 1.57. The number of ether oxygens (including phenoxy) is 1. The van der Waals surface area contributed by atoms with Crippen molar-refractivity contribution in [2.24, 2.45) is 0 Å². The zero-order valence-electron chi connectivity index (χ0n) is 11.8. The Bertz CT molecular complexity index is 562. The number of rotatable bonds is 7. The predicted molar refractivity (Wildman–Crippen MR) is 75.0 cm³/mol. The van der Waals surface area contributed by atoms with Crippen LogP contribution in [-0.2, 0) is 19.7 Å². The number of carboxylic acids is 1. The van der Waals surface area contributed by atoms with E-state index in [4.69, 9.17) is 11.2 Å². The number of carbonyl (C=O) groups excluding carboxylic acids is 1. The molecule has 0 heterocycles. The van der Waals surface area contributed by atoms with Crippen LogP contribution in [0.25, 0.3) is 0 Å². The van der Waals surface area contributed by atoms with Crippen LogP contribution in [0.5, 0.6) is 0 Å². The van der Waals surface area contributed by atoms with Gasteiger partial charge in [0.05, 0.1) is 6.61 Å². The molecule has 1 aromatic rings. The number of carboxylic acid groups (broad SMARTS) is 1. The summed E-state index contributed by atoms with van der Waals surface area (Å²) in [4.78, 5) is 24.0. The van der Waals surface area contributed by atoms with Gasteiger partial charge >= 0.3 is 11.9 Å². The minimum atomic E-state index is -2.07. The van der Waals surface area contributed by atoms with Crippen LogP contribution in [0.2, 0.25) is 0 Å². The summed E-state index contributed by atoms with van der Waals surface area (Å²) in [6, 6.07) is 5.32. The first-order valence-corrected chi connectivity index (χ1v) is 6.59. The van der Waals surface area contributed by atoms with Gasteiger partial charge in [-0.3, -0.25) is 9.59 Å². The number of halogens is 1. The average Bonchev–Trinajstić information content (AvgIpc) is 2.44. The highest BCUT2D eigenvalue weighted by Gasteiger charge is 2.50. The first kappa shape index (κ1) is 16.7. The number of carbonyl (C=O) groups is 2. The van der Waals surface area contributed by atoms with Gasteiger partial charge in [0.2, 0.25) is 0 Å². The third kappa shape index (κ3) is 3.40. The highest BCUT2D eigenvalue weighted by atomic mass is 19.1. The van der Waals surface area contributed by atoms with Crippen molar-refractivity contribution < 1.29 is 23.8 Å². The molecule has 5 heteroatoms. The van der Waals surface area contributed by atoms with Gasteiger partial charge in [-0.2, -0.15) is 0 Å². The van der Waals surface area contributed by atoms with Crippen LogP contribution in [0.4, 0.5) is 4.39 Å². The monoisotopic (exact) mass is 292 g/mol. The lowest BCUT2D eigenvalue weighted by atomic mass is 9.76. The molecule has 112 valence electrons. The first-order chi connectivity index (χ1) is 10.0. The molecule has 21 heavy (non-hydrogen) atoms. The van der Waals surface area contributed by atoms with E-state index < -0.39 is 23.2 Å². The predicted octanol–water partition coefficient (Wildman–Crippen LogP) is 2.51. The van der Waals surface area contributed by atoms with Crippen LogP contribution in [-0.4, -0.2) is 23.7 Å². The summed E-state index contributed by atoms with van der Waals surface area (Å²) in [7, 11) is 0. The normalized spacial score (nSPS) is 13.0. The van der Waals surface area contributed by atoms with Crippen LogP contribution in [0.3, 0.4) is 0 Å². The Hall–Kier alpha value is -2.35. The molecule has 1 N–H and O–H groups in total. The maximum atomic E-state index is 14.0. The molecule has 0 fully saturated rings. The van der Waals surface area contributed by atoms with Gasteiger partial charge in [-0.15, -0.1) is 12.3 Å². The van der Waals surface area contributed by atoms with Crippen molar-refractivity contribution >= 4 is 11.9 Å². The van der Waals surface area contributed by atoms with Gasteiger partial charge in [0.15, 0.2) is 5.41 Å². The quantitative estimate of drug-likeness (QED) is 0.363. The molecule has 0 saturated heterocycles. The van der Waals surface area contributed by atoms with E-state index in [1.807, 2.05) is 0 Å². The summed E-state index contributed by atoms with van der Waals surface area (Å²) in [5.41, 5.74) is -2.27.